The number of nitrogens with zero attached hydrogens (tertiary/aromatic N) is 4. The van der Waals surface area contributed by atoms with Gasteiger partial charge < -0.3 is 10.2 Å². The Morgan fingerprint density at radius 1 is 1.03 bits per heavy atom. The zero-order chi connectivity index (χ0) is 22.8. The minimum atomic E-state index is -0.282. The average Bonchev–Trinajstić information content (AvgIpc) is 3.44. The first-order chi connectivity index (χ1) is 16.1. The number of aromatic nitrogens is 2. The van der Waals surface area contributed by atoms with Gasteiger partial charge in [-0.15, -0.1) is 0 Å². The van der Waals surface area contributed by atoms with E-state index in [-0.39, 0.29) is 17.8 Å². The van der Waals surface area contributed by atoms with Crippen molar-refractivity contribution in [2.75, 3.05) is 39.8 Å². The molecule has 5 rings (SSSR count). The van der Waals surface area contributed by atoms with Gasteiger partial charge in [0.1, 0.15) is 5.82 Å². The number of carbonyl (C=O) groups excluding carboxylic acids is 1. The molecule has 3 aromatic rings. The van der Waals surface area contributed by atoms with Gasteiger partial charge >= 0.3 is 0 Å². The van der Waals surface area contributed by atoms with Gasteiger partial charge in [0.2, 0.25) is 0 Å². The molecule has 2 aliphatic rings. The number of likely N-dealkylation sites (N-methyl/N-ethyl adjacent to an activating group) is 1. The Bertz CT molecular complexity index is 1100. The Hall–Kier alpha value is -3.03. The highest BCUT2D eigenvalue weighted by atomic mass is 19.1. The van der Waals surface area contributed by atoms with Crippen LogP contribution in [-0.4, -0.2) is 65.3 Å². The minimum Gasteiger partial charge on any atom is -0.343 e. The molecule has 2 aromatic carbocycles. The molecule has 1 saturated heterocycles. The Kier molecular flexibility index (Phi) is 6.24. The molecule has 0 radical (unpaired) electrons. The Morgan fingerprint density at radius 2 is 1.76 bits per heavy atom. The van der Waals surface area contributed by atoms with E-state index in [1.807, 2.05) is 22.9 Å². The van der Waals surface area contributed by atoms with Crippen molar-refractivity contribution in [2.24, 2.45) is 0 Å². The van der Waals surface area contributed by atoms with Gasteiger partial charge in [0.25, 0.3) is 5.91 Å². The molecule has 7 heteroatoms. The maximum Gasteiger partial charge on any atom is 0.272 e. The first kappa shape index (κ1) is 21.8. The second-order valence-electron chi connectivity index (χ2n) is 9.06. The fourth-order valence-electron chi connectivity index (χ4n) is 4.85. The van der Waals surface area contributed by atoms with Crippen molar-refractivity contribution in [1.82, 2.24) is 24.9 Å². The van der Waals surface area contributed by atoms with Crippen molar-refractivity contribution in [3.63, 3.8) is 0 Å². The second kappa shape index (κ2) is 9.45. The van der Waals surface area contributed by atoms with Gasteiger partial charge in [-0.2, -0.15) is 5.10 Å². The smallest absolute Gasteiger partial charge is 0.272 e. The molecule has 0 bridgehead atoms. The molecule has 1 amide bonds. The normalized spacial score (nSPS) is 17.6. The van der Waals surface area contributed by atoms with E-state index in [1.54, 1.807) is 12.1 Å². The van der Waals surface area contributed by atoms with E-state index in [0.29, 0.717) is 5.69 Å². The van der Waals surface area contributed by atoms with Gasteiger partial charge in [0.05, 0.1) is 11.7 Å². The van der Waals surface area contributed by atoms with Crippen molar-refractivity contribution in [2.45, 2.75) is 25.3 Å². The zero-order valence-electron chi connectivity index (χ0n) is 19.0. The van der Waals surface area contributed by atoms with Gasteiger partial charge in [-0.25, -0.2) is 9.07 Å². The summed E-state index contributed by atoms with van der Waals surface area (Å²) >= 11 is 0. The highest BCUT2D eigenvalue weighted by Gasteiger charge is 2.29. The lowest BCUT2D eigenvalue weighted by Crippen LogP contribution is -2.48. The highest BCUT2D eigenvalue weighted by Crippen LogP contribution is 2.28. The molecule has 1 N–H and O–H groups in total. The number of amides is 1. The standard InChI is InChI=1S/C26H30FN5O/c1-30-14-16-31(17-15-30)18-23(19-6-3-2-4-7-19)28-26(33)25-22-8-5-9-24(22)32(29-25)21-12-10-20(27)11-13-21/h2-4,6-7,10-13,23H,5,8-9,14-18H2,1H3,(H,28,33). The summed E-state index contributed by atoms with van der Waals surface area (Å²) in [6.07, 6.45) is 2.71. The largest absolute Gasteiger partial charge is 0.343 e. The topological polar surface area (TPSA) is 53.4 Å². The van der Waals surface area contributed by atoms with Crippen LogP contribution in [0.1, 0.15) is 39.8 Å². The molecule has 0 spiro atoms. The molecule has 1 aliphatic heterocycles. The van der Waals surface area contributed by atoms with E-state index in [1.165, 1.54) is 12.1 Å². The van der Waals surface area contributed by atoms with Crippen molar-refractivity contribution in [3.8, 4) is 5.69 Å². The Morgan fingerprint density at radius 3 is 2.48 bits per heavy atom. The maximum absolute atomic E-state index is 13.5. The van der Waals surface area contributed by atoms with Crippen LogP contribution in [0.4, 0.5) is 4.39 Å². The summed E-state index contributed by atoms with van der Waals surface area (Å²) in [4.78, 5) is 18.3. The van der Waals surface area contributed by atoms with E-state index in [0.717, 1.165) is 74.5 Å². The molecule has 172 valence electrons. The van der Waals surface area contributed by atoms with E-state index < -0.39 is 0 Å². The first-order valence-corrected chi connectivity index (χ1v) is 11.7. The third-order valence-corrected chi connectivity index (χ3v) is 6.76. The SMILES string of the molecule is CN1CCN(CC(NC(=O)c2nn(-c3ccc(F)cc3)c3c2CCC3)c2ccccc2)CC1. The molecule has 1 fully saturated rings. The molecule has 6 nitrogen and oxygen atoms in total. The van der Waals surface area contributed by atoms with E-state index in [4.69, 9.17) is 5.10 Å². The van der Waals surface area contributed by atoms with Crippen LogP contribution in [-0.2, 0) is 12.8 Å². The lowest BCUT2D eigenvalue weighted by molar-refractivity contribution is 0.0901. The summed E-state index contributed by atoms with van der Waals surface area (Å²) in [5.74, 6) is -0.424. The van der Waals surface area contributed by atoms with Crippen LogP contribution in [0.5, 0.6) is 0 Å². The molecule has 33 heavy (non-hydrogen) atoms. The maximum atomic E-state index is 13.5. The van der Waals surface area contributed by atoms with Crippen LogP contribution in [0.15, 0.2) is 54.6 Å². The fourth-order valence-corrected chi connectivity index (χ4v) is 4.85. The third kappa shape index (κ3) is 4.70. The Balaban J connectivity index is 1.40. The number of carbonyl (C=O) groups is 1. The van der Waals surface area contributed by atoms with Crippen LogP contribution in [0.2, 0.25) is 0 Å². The summed E-state index contributed by atoms with van der Waals surface area (Å²) in [6, 6.07) is 16.3. The van der Waals surface area contributed by atoms with Crippen LogP contribution >= 0.6 is 0 Å². The second-order valence-corrected chi connectivity index (χ2v) is 9.06. The number of benzene rings is 2. The van der Waals surface area contributed by atoms with Crippen LogP contribution in [0.25, 0.3) is 5.69 Å². The van der Waals surface area contributed by atoms with Gasteiger partial charge in [0.15, 0.2) is 5.69 Å². The van der Waals surface area contributed by atoms with Crippen molar-refractivity contribution in [1.29, 1.82) is 0 Å². The van der Waals surface area contributed by atoms with Crippen LogP contribution in [0, 0.1) is 5.82 Å². The number of rotatable bonds is 6. The summed E-state index contributed by atoms with van der Waals surface area (Å²) in [5, 5.41) is 7.98. The van der Waals surface area contributed by atoms with E-state index >= 15 is 0 Å². The Labute approximate surface area is 194 Å². The summed E-state index contributed by atoms with van der Waals surface area (Å²) in [7, 11) is 2.14. The van der Waals surface area contributed by atoms with Crippen molar-refractivity contribution >= 4 is 5.91 Å². The number of fused-ring (bicyclic) bond motifs is 1. The van der Waals surface area contributed by atoms with Gasteiger partial charge in [-0.05, 0) is 56.1 Å². The van der Waals surface area contributed by atoms with Crippen LogP contribution in [0.3, 0.4) is 0 Å². The molecule has 1 unspecified atom stereocenters. The number of halogens is 1. The lowest BCUT2D eigenvalue weighted by atomic mass is 10.1. The predicted molar refractivity (Wildman–Crippen MR) is 126 cm³/mol. The van der Waals surface area contributed by atoms with Crippen molar-refractivity contribution in [3.05, 3.63) is 82.9 Å². The van der Waals surface area contributed by atoms with Crippen LogP contribution < -0.4 is 5.32 Å². The molecule has 1 atom stereocenters. The summed E-state index contributed by atoms with van der Waals surface area (Å²) < 4.78 is 15.2. The van der Waals surface area contributed by atoms with Gasteiger partial charge in [-0.1, -0.05) is 30.3 Å². The fraction of sp³-hybridized carbons (Fsp3) is 0.385. The van der Waals surface area contributed by atoms with Crippen molar-refractivity contribution < 1.29 is 9.18 Å². The predicted octanol–water partition coefficient (Wildman–Crippen LogP) is 3.22. The number of piperazine rings is 1. The average molecular weight is 448 g/mol. The molecule has 0 saturated carbocycles. The van der Waals surface area contributed by atoms with E-state index in [2.05, 4.69) is 34.3 Å². The number of hydrogen-bond acceptors (Lipinski definition) is 4. The zero-order valence-corrected chi connectivity index (χ0v) is 19.0. The quantitative estimate of drug-likeness (QED) is 0.631. The van der Waals surface area contributed by atoms with Gasteiger partial charge in [0, 0.05) is 44.0 Å². The molecule has 2 heterocycles. The molecule has 1 aliphatic carbocycles. The summed E-state index contributed by atoms with van der Waals surface area (Å²) in [5.41, 5.74) is 4.45. The molecule has 1 aromatic heterocycles. The van der Waals surface area contributed by atoms with Gasteiger partial charge in [-0.3, -0.25) is 9.69 Å². The first-order valence-electron chi connectivity index (χ1n) is 11.7. The number of nitrogens with one attached hydrogen (secondary N) is 1. The molecular formula is C26H30FN5O. The minimum absolute atomic E-state index is 0.116. The lowest BCUT2D eigenvalue weighted by Gasteiger charge is -2.35. The summed E-state index contributed by atoms with van der Waals surface area (Å²) in [6.45, 7) is 4.81. The monoisotopic (exact) mass is 447 g/mol. The van der Waals surface area contributed by atoms with E-state index in [9.17, 15) is 9.18 Å². The number of hydrogen-bond donors (Lipinski definition) is 1. The third-order valence-electron chi connectivity index (χ3n) is 6.76. The highest BCUT2D eigenvalue weighted by molar-refractivity contribution is 5.94. The molecular weight excluding hydrogens is 417 g/mol.